The van der Waals surface area contributed by atoms with E-state index >= 15 is 0 Å². The normalized spacial score (nSPS) is 39.3. The summed E-state index contributed by atoms with van der Waals surface area (Å²) in [5.74, 6) is 5.74. The van der Waals surface area contributed by atoms with Crippen LogP contribution in [0.2, 0.25) is 0 Å². The van der Waals surface area contributed by atoms with E-state index in [1.807, 2.05) is 0 Å². The predicted octanol–water partition coefficient (Wildman–Crippen LogP) is 9.12. The van der Waals surface area contributed by atoms with Gasteiger partial charge in [-0.2, -0.15) is 6.42 Å². The van der Waals surface area contributed by atoms with E-state index in [0.29, 0.717) is 61.2 Å². The monoisotopic (exact) mass is 970 g/mol. The number of aryl methyl sites for hydroxylation is 1. The molecule has 4 saturated carbocycles. The number of unbranched alkanes of at least 4 members (excludes halogenated alkanes) is 11. The van der Waals surface area contributed by atoms with Crippen molar-refractivity contribution in [2.45, 2.75) is 236 Å². The Morgan fingerprint density at radius 1 is 0.462 bits per heavy atom. The third kappa shape index (κ3) is 14.2. The molecule has 373 valence electrons. The first-order valence-electron chi connectivity index (χ1n) is 27.2. The van der Waals surface area contributed by atoms with Crippen LogP contribution in [0.1, 0.15) is 186 Å². The Kier molecular flexibility index (Phi) is 21.7. The fourth-order valence-corrected chi connectivity index (χ4v) is 14.6. The van der Waals surface area contributed by atoms with Crippen LogP contribution in [-0.4, -0.2) is 53.9 Å². The maximum atomic E-state index is 8.56. The van der Waals surface area contributed by atoms with Crippen LogP contribution in [0.25, 0.3) is 0 Å². The van der Waals surface area contributed by atoms with Gasteiger partial charge in [-0.15, -0.1) is 5.92 Å². The van der Waals surface area contributed by atoms with E-state index in [1.165, 1.54) is 185 Å². The molecule has 0 aromatic heterocycles. The number of hydrogen-bond donors (Lipinski definition) is 9. The molecule has 10 rings (SSSR count). The van der Waals surface area contributed by atoms with Gasteiger partial charge in [-0.3, -0.25) is 42.5 Å². The molecule has 9 fully saturated rings. The van der Waals surface area contributed by atoms with Gasteiger partial charge in [0.05, 0.1) is 43.2 Å². The van der Waals surface area contributed by atoms with Crippen LogP contribution in [0.5, 0.6) is 0 Å². The first-order chi connectivity index (χ1) is 31.5. The van der Waals surface area contributed by atoms with E-state index in [1.54, 1.807) is 0 Å². The Morgan fingerprint density at radius 3 is 1.14 bits per heavy atom. The summed E-state index contributed by atoms with van der Waals surface area (Å²) in [6.07, 6.45) is 44.9. The van der Waals surface area contributed by atoms with Gasteiger partial charge in [-0.05, 0) is 98.4 Å². The molecule has 5 saturated heterocycles. The number of rotatable bonds is 13. The molecular weight excluding hydrogens is 880 g/mol. The van der Waals surface area contributed by atoms with Crippen molar-refractivity contribution in [1.29, 1.82) is 0 Å². The second kappa shape index (κ2) is 27.1. The minimum Gasteiger partial charge on any atom is -0.439 e. The van der Waals surface area contributed by atoms with Gasteiger partial charge in [0.2, 0.25) is 0 Å². The van der Waals surface area contributed by atoms with Crippen LogP contribution >= 0.6 is 0 Å². The molecule has 13 heteroatoms. The van der Waals surface area contributed by atoms with E-state index in [4.69, 9.17) is 13.0 Å². The molecule has 1 aromatic rings. The largest absolute Gasteiger partial charge is 2.00 e. The standard InChI is InChI=1S/C32H55N8.C20H34.Cu.HO3S/c1-2-10-18-17(9-1)25-33-26(18)38-28-21-13-5-6-14-22(21)30(35-28)40-32-24-16-8-7-15-23(24)31(36-32)39-29-20-12-4-3-11-19(20)27(34-29)37-25;1-2-3-4-5-6-7-8-9-10-11-12-14-17-20-18-15-13-16-19-20;;1-4(2)3/h9,17-40H,1-8,10-16H2;13,15-16,18-19H,2-12,14,17H2,1H3;;(H,1,2,3)/q-1;;+2;-1. The summed E-state index contributed by atoms with van der Waals surface area (Å²) < 4.78 is 24.1. The van der Waals surface area contributed by atoms with E-state index < -0.39 is 11.0 Å². The van der Waals surface area contributed by atoms with E-state index in [2.05, 4.69) is 86.2 Å². The third-order valence-corrected chi connectivity index (χ3v) is 17.7. The smallest absolute Gasteiger partial charge is 0.439 e. The molecule has 9 N–H and O–H groups in total. The van der Waals surface area contributed by atoms with Crippen molar-refractivity contribution in [2.24, 2.45) is 47.3 Å². The van der Waals surface area contributed by atoms with Crippen LogP contribution in [-0.2, 0) is 42.9 Å². The molecule has 16 atom stereocenters. The van der Waals surface area contributed by atoms with Crippen LogP contribution < -0.4 is 42.5 Å². The summed E-state index contributed by atoms with van der Waals surface area (Å²) in [6, 6.07) is 10.9. The van der Waals surface area contributed by atoms with Crippen molar-refractivity contribution in [3.63, 3.8) is 0 Å². The second-order valence-corrected chi connectivity index (χ2v) is 22.2. The SMILES string of the molecule is CCCCCCCCCCCCCCc1ccccc1.O=[S-](=O)O.[CH-]1CCCC2C3NC(NC4NC(NC5NC(NC6NC(N3)C3CCCCC63)C3CCCCC53)C3CCCCC43)C12.[Cu+2]. The van der Waals surface area contributed by atoms with E-state index in [9.17, 15) is 0 Å². The molecule has 4 aliphatic carbocycles. The zero-order chi connectivity index (χ0) is 44.1. The van der Waals surface area contributed by atoms with E-state index in [-0.39, 0.29) is 17.1 Å². The average Bonchev–Trinajstić information content (AvgIpc) is 4.06. The molecule has 1 aromatic carbocycles. The van der Waals surface area contributed by atoms with Crippen molar-refractivity contribution in [3.8, 4) is 0 Å². The molecule has 8 bridgehead atoms. The molecule has 5 aliphatic heterocycles. The minimum absolute atomic E-state index is 0. The molecule has 16 unspecified atom stereocenters. The molecule has 0 spiro atoms. The first kappa shape index (κ1) is 52.2. The molecule has 9 aliphatic rings. The summed E-state index contributed by atoms with van der Waals surface area (Å²) in [7, 11) is -2.86. The Balaban J connectivity index is 0.000000214. The number of hydrogen-bond acceptors (Lipinski definition) is 11. The summed E-state index contributed by atoms with van der Waals surface area (Å²) in [5.41, 5.74) is 1.50. The summed E-state index contributed by atoms with van der Waals surface area (Å²) in [6.45, 7) is 2.29. The van der Waals surface area contributed by atoms with Gasteiger partial charge in [-0.25, -0.2) is 0 Å². The minimum atomic E-state index is -2.86. The van der Waals surface area contributed by atoms with Gasteiger partial charge >= 0.3 is 17.1 Å². The Morgan fingerprint density at radius 2 is 0.769 bits per heavy atom. The van der Waals surface area contributed by atoms with Crippen LogP contribution in [0.4, 0.5) is 0 Å². The van der Waals surface area contributed by atoms with Gasteiger partial charge in [0, 0.05) is 17.2 Å². The van der Waals surface area contributed by atoms with Gasteiger partial charge in [0.25, 0.3) is 0 Å². The van der Waals surface area contributed by atoms with Crippen LogP contribution in [0.3, 0.4) is 0 Å². The van der Waals surface area contributed by atoms with Gasteiger partial charge in [0.1, 0.15) is 0 Å². The molecular formula is C52H90CuN8O3S. The van der Waals surface area contributed by atoms with Crippen LogP contribution in [0.15, 0.2) is 30.3 Å². The van der Waals surface area contributed by atoms with Gasteiger partial charge in [0.15, 0.2) is 0 Å². The fraction of sp³-hybridized carbons (Fsp3) is 0.865. The second-order valence-electron chi connectivity index (χ2n) is 21.7. The molecule has 0 amide bonds. The maximum absolute atomic E-state index is 8.56. The first-order valence-corrected chi connectivity index (χ1v) is 28.2. The molecule has 1 radical (unpaired) electrons. The summed E-state index contributed by atoms with van der Waals surface area (Å²) in [4.78, 5) is 0. The number of fused-ring (bicyclic) bond motifs is 20. The Labute approximate surface area is 407 Å². The Hall–Kier alpha value is -0.671. The quantitative estimate of drug-likeness (QED) is 0.0233. The van der Waals surface area contributed by atoms with Crippen molar-refractivity contribution < 1.29 is 30.0 Å². The van der Waals surface area contributed by atoms with Crippen molar-refractivity contribution in [2.75, 3.05) is 0 Å². The van der Waals surface area contributed by atoms with Crippen LogP contribution in [0, 0.1) is 53.8 Å². The zero-order valence-corrected chi connectivity index (χ0v) is 41.7. The van der Waals surface area contributed by atoms with Gasteiger partial charge in [-0.1, -0.05) is 159 Å². The average molecular weight is 971 g/mol. The van der Waals surface area contributed by atoms with Crippen molar-refractivity contribution in [3.05, 3.63) is 42.3 Å². The summed E-state index contributed by atoms with van der Waals surface area (Å²) >= 11 is 0. The fourth-order valence-electron chi connectivity index (χ4n) is 14.6. The van der Waals surface area contributed by atoms with Crippen molar-refractivity contribution >= 4 is 11.0 Å². The Bertz CT molecular complexity index is 1370. The molecule has 11 nitrogen and oxygen atoms in total. The molecule has 65 heavy (non-hydrogen) atoms. The van der Waals surface area contributed by atoms with Gasteiger partial charge < -0.3 is 19.4 Å². The van der Waals surface area contributed by atoms with Crippen molar-refractivity contribution in [1.82, 2.24) is 42.5 Å². The topological polar surface area (TPSA) is 151 Å². The number of benzene rings is 1. The maximum Gasteiger partial charge on any atom is 2.00 e. The predicted molar refractivity (Wildman–Crippen MR) is 259 cm³/mol. The summed E-state index contributed by atoms with van der Waals surface area (Å²) in [5, 5.41) is 33.7. The number of nitrogens with one attached hydrogen (secondary N) is 8. The van der Waals surface area contributed by atoms with E-state index in [0.717, 1.165) is 35.5 Å². The third-order valence-electron chi connectivity index (χ3n) is 17.7. The molecule has 5 heterocycles. The zero-order valence-electron chi connectivity index (χ0n) is 40.0.